The SMILES string of the molecule is CCCn1cc(C(=O)C2CCCCC2(C)C)cn1. The van der Waals surface area contributed by atoms with Crippen molar-refractivity contribution in [3.05, 3.63) is 18.0 Å². The predicted octanol–water partition coefficient (Wildman–Crippen LogP) is 3.69. The van der Waals surface area contributed by atoms with Crippen molar-refractivity contribution in [3.8, 4) is 0 Å². The Morgan fingerprint density at radius 2 is 2.28 bits per heavy atom. The zero-order valence-electron chi connectivity index (χ0n) is 11.8. The van der Waals surface area contributed by atoms with Gasteiger partial charge in [-0.25, -0.2) is 0 Å². The fourth-order valence-corrected chi connectivity index (χ4v) is 3.02. The Labute approximate surface area is 110 Å². The fraction of sp³-hybridized carbons (Fsp3) is 0.733. The summed E-state index contributed by atoms with van der Waals surface area (Å²) in [6.07, 6.45) is 9.33. The second kappa shape index (κ2) is 5.25. The van der Waals surface area contributed by atoms with E-state index < -0.39 is 0 Å². The van der Waals surface area contributed by atoms with Gasteiger partial charge >= 0.3 is 0 Å². The summed E-state index contributed by atoms with van der Waals surface area (Å²) in [7, 11) is 0. The molecule has 1 atom stereocenters. The third-order valence-corrected chi connectivity index (χ3v) is 4.19. The maximum absolute atomic E-state index is 12.6. The van der Waals surface area contributed by atoms with Gasteiger partial charge in [-0.1, -0.05) is 33.6 Å². The van der Waals surface area contributed by atoms with Crippen molar-refractivity contribution >= 4 is 5.78 Å². The van der Waals surface area contributed by atoms with E-state index in [1.54, 1.807) is 6.20 Å². The lowest BCUT2D eigenvalue weighted by atomic mass is 9.66. The van der Waals surface area contributed by atoms with Gasteiger partial charge in [-0.3, -0.25) is 9.48 Å². The first-order valence-electron chi connectivity index (χ1n) is 7.11. The molecule has 1 saturated carbocycles. The summed E-state index contributed by atoms with van der Waals surface area (Å²) >= 11 is 0. The van der Waals surface area contributed by atoms with E-state index >= 15 is 0 Å². The molecular weight excluding hydrogens is 224 g/mol. The number of aromatic nitrogens is 2. The molecule has 0 saturated heterocycles. The minimum atomic E-state index is 0.141. The molecule has 0 amide bonds. The van der Waals surface area contributed by atoms with Gasteiger partial charge in [-0.05, 0) is 24.7 Å². The number of rotatable bonds is 4. The van der Waals surface area contributed by atoms with Gasteiger partial charge in [0.1, 0.15) is 0 Å². The largest absolute Gasteiger partial charge is 0.294 e. The fourth-order valence-electron chi connectivity index (χ4n) is 3.02. The van der Waals surface area contributed by atoms with Crippen LogP contribution in [0.25, 0.3) is 0 Å². The topological polar surface area (TPSA) is 34.9 Å². The van der Waals surface area contributed by atoms with E-state index in [1.165, 1.54) is 12.8 Å². The Morgan fingerprint density at radius 1 is 1.50 bits per heavy atom. The van der Waals surface area contributed by atoms with E-state index in [0.717, 1.165) is 31.4 Å². The number of nitrogens with zero attached hydrogens (tertiary/aromatic N) is 2. The first-order valence-corrected chi connectivity index (χ1v) is 7.11. The van der Waals surface area contributed by atoms with Crippen molar-refractivity contribution < 1.29 is 4.79 Å². The number of Topliss-reactive ketones (excluding diaryl/α,β-unsaturated/α-hetero) is 1. The van der Waals surface area contributed by atoms with Gasteiger partial charge in [0, 0.05) is 18.7 Å². The lowest BCUT2D eigenvalue weighted by molar-refractivity contribution is 0.0697. The molecule has 0 N–H and O–H groups in total. The van der Waals surface area contributed by atoms with Crippen LogP contribution in [0.3, 0.4) is 0 Å². The molecule has 3 heteroatoms. The molecule has 0 bridgehead atoms. The Morgan fingerprint density at radius 3 is 2.94 bits per heavy atom. The third kappa shape index (κ3) is 2.65. The summed E-state index contributed by atoms with van der Waals surface area (Å²) in [6.45, 7) is 7.46. The molecule has 0 aromatic carbocycles. The first-order chi connectivity index (χ1) is 8.54. The molecule has 18 heavy (non-hydrogen) atoms. The summed E-state index contributed by atoms with van der Waals surface area (Å²) in [5.41, 5.74) is 0.936. The quantitative estimate of drug-likeness (QED) is 0.762. The van der Waals surface area contributed by atoms with Gasteiger partial charge in [-0.15, -0.1) is 0 Å². The number of carbonyl (C=O) groups is 1. The molecule has 1 fully saturated rings. The predicted molar refractivity (Wildman–Crippen MR) is 72.6 cm³/mol. The van der Waals surface area contributed by atoms with Crippen LogP contribution in [0.5, 0.6) is 0 Å². The van der Waals surface area contributed by atoms with Crippen LogP contribution < -0.4 is 0 Å². The molecule has 1 aliphatic carbocycles. The first kappa shape index (κ1) is 13.3. The van der Waals surface area contributed by atoms with E-state index in [0.29, 0.717) is 5.78 Å². The number of ketones is 1. The third-order valence-electron chi connectivity index (χ3n) is 4.19. The van der Waals surface area contributed by atoms with Crippen molar-refractivity contribution in [3.63, 3.8) is 0 Å². The van der Waals surface area contributed by atoms with Crippen LogP contribution in [0, 0.1) is 11.3 Å². The van der Waals surface area contributed by atoms with E-state index in [1.807, 2.05) is 10.9 Å². The summed E-state index contributed by atoms with van der Waals surface area (Å²) in [4.78, 5) is 12.6. The summed E-state index contributed by atoms with van der Waals surface area (Å²) < 4.78 is 1.88. The standard InChI is InChI=1S/C15H24N2O/c1-4-9-17-11-12(10-16-17)14(18)13-7-5-6-8-15(13,2)3/h10-11,13H,4-9H2,1-3H3. The highest BCUT2D eigenvalue weighted by molar-refractivity contribution is 5.97. The number of hydrogen-bond acceptors (Lipinski definition) is 2. The number of hydrogen-bond donors (Lipinski definition) is 0. The molecule has 0 radical (unpaired) electrons. The summed E-state index contributed by atoms with van der Waals surface area (Å²) in [5.74, 6) is 0.465. The summed E-state index contributed by atoms with van der Waals surface area (Å²) in [5, 5.41) is 4.27. The average Bonchev–Trinajstić information content (AvgIpc) is 2.77. The second-order valence-electron chi connectivity index (χ2n) is 6.14. The minimum absolute atomic E-state index is 0.141. The monoisotopic (exact) mass is 248 g/mol. The Bertz CT molecular complexity index is 420. The summed E-state index contributed by atoms with van der Waals surface area (Å²) in [6, 6.07) is 0. The van der Waals surface area contributed by atoms with Crippen LogP contribution >= 0.6 is 0 Å². The van der Waals surface area contributed by atoms with Crippen molar-refractivity contribution in [2.45, 2.75) is 59.4 Å². The minimum Gasteiger partial charge on any atom is -0.294 e. The number of aryl methyl sites for hydroxylation is 1. The van der Waals surface area contributed by atoms with Gasteiger partial charge in [0.25, 0.3) is 0 Å². The van der Waals surface area contributed by atoms with Gasteiger partial charge < -0.3 is 0 Å². The molecule has 2 rings (SSSR count). The molecule has 1 heterocycles. The normalized spacial score (nSPS) is 22.9. The molecule has 1 unspecified atom stereocenters. The lowest BCUT2D eigenvalue weighted by Crippen LogP contribution is -2.33. The van der Waals surface area contributed by atoms with Crippen LogP contribution in [0.15, 0.2) is 12.4 Å². The van der Waals surface area contributed by atoms with E-state index in [9.17, 15) is 4.79 Å². The molecule has 0 aliphatic heterocycles. The van der Waals surface area contributed by atoms with Gasteiger partial charge in [0.05, 0.1) is 11.8 Å². The Balaban J connectivity index is 2.14. The zero-order chi connectivity index (χ0) is 13.2. The highest BCUT2D eigenvalue weighted by Gasteiger charge is 2.37. The van der Waals surface area contributed by atoms with Crippen molar-refractivity contribution in [2.75, 3.05) is 0 Å². The molecular formula is C15H24N2O. The maximum Gasteiger partial charge on any atom is 0.169 e. The highest BCUT2D eigenvalue weighted by atomic mass is 16.1. The van der Waals surface area contributed by atoms with E-state index in [-0.39, 0.29) is 11.3 Å². The van der Waals surface area contributed by atoms with Crippen LogP contribution in [-0.2, 0) is 6.54 Å². The van der Waals surface area contributed by atoms with Crippen LogP contribution in [-0.4, -0.2) is 15.6 Å². The molecule has 3 nitrogen and oxygen atoms in total. The molecule has 0 spiro atoms. The van der Waals surface area contributed by atoms with Crippen LogP contribution in [0.4, 0.5) is 0 Å². The van der Waals surface area contributed by atoms with E-state index in [2.05, 4.69) is 25.9 Å². The van der Waals surface area contributed by atoms with Crippen molar-refractivity contribution in [1.29, 1.82) is 0 Å². The zero-order valence-corrected chi connectivity index (χ0v) is 11.8. The Kier molecular flexibility index (Phi) is 3.88. The maximum atomic E-state index is 12.6. The van der Waals surface area contributed by atoms with Crippen molar-refractivity contribution in [2.24, 2.45) is 11.3 Å². The highest BCUT2D eigenvalue weighted by Crippen LogP contribution is 2.42. The van der Waals surface area contributed by atoms with Crippen molar-refractivity contribution in [1.82, 2.24) is 9.78 Å². The van der Waals surface area contributed by atoms with Crippen LogP contribution in [0.2, 0.25) is 0 Å². The van der Waals surface area contributed by atoms with Gasteiger partial charge in [0.2, 0.25) is 0 Å². The van der Waals surface area contributed by atoms with Gasteiger partial charge in [-0.2, -0.15) is 5.10 Å². The van der Waals surface area contributed by atoms with E-state index in [4.69, 9.17) is 0 Å². The average molecular weight is 248 g/mol. The second-order valence-corrected chi connectivity index (χ2v) is 6.14. The lowest BCUT2D eigenvalue weighted by Gasteiger charge is -2.37. The molecule has 1 aliphatic rings. The smallest absolute Gasteiger partial charge is 0.169 e. The Hall–Kier alpha value is -1.12. The number of carbonyl (C=O) groups excluding carboxylic acids is 1. The molecule has 100 valence electrons. The van der Waals surface area contributed by atoms with Crippen LogP contribution in [0.1, 0.15) is 63.2 Å². The molecule has 1 aromatic heterocycles. The molecule has 1 aromatic rings. The van der Waals surface area contributed by atoms with Gasteiger partial charge in [0.15, 0.2) is 5.78 Å².